The molecule has 1 aromatic heterocycles. The van der Waals surface area contributed by atoms with Crippen LogP contribution in [0.5, 0.6) is 17.2 Å². The molecule has 2 aromatic rings. The van der Waals surface area contributed by atoms with Crippen molar-refractivity contribution in [2.24, 2.45) is 0 Å². The Morgan fingerprint density at radius 2 is 1.80 bits per heavy atom. The van der Waals surface area contributed by atoms with Crippen molar-refractivity contribution in [3.05, 3.63) is 17.8 Å². The summed E-state index contributed by atoms with van der Waals surface area (Å²) in [6.45, 7) is 2.07. The highest BCUT2D eigenvalue weighted by Crippen LogP contribution is 2.41. The Balaban J connectivity index is 2.67. The lowest BCUT2D eigenvalue weighted by Gasteiger charge is -2.11. The van der Waals surface area contributed by atoms with Crippen LogP contribution in [0.15, 0.2) is 12.1 Å². The summed E-state index contributed by atoms with van der Waals surface area (Å²) < 4.78 is 20.9. The van der Waals surface area contributed by atoms with Crippen LogP contribution in [0.2, 0.25) is 0 Å². The van der Waals surface area contributed by atoms with Crippen molar-refractivity contribution in [2.75, 3.05) is 27.9 Å². The van der Waals surface area contributed by atoms with Crippen LogP contribution in [0.4, 0.5) is 0 Å². The summed E-state index contributed by atoms with van der Waals surface area (Å²) >= 11 is 0. The number of ether oxygens (including phenoxy) is 4. The molecule has 0 bridgehead atoms. The molecule has 0 saturated carbocycles. The van der Waals surface area contributed by atoms with Gasteiger partial charge in [0, 0.05) is 11.5 Å². The van der Waals surface area contributed by atoms with E-state index in [2.05, 4.69) is 4.98 Å². The molecule has 0 saturated heterocycles. The average Bonchev–Trinajstić information content (AvgIpc) is 2.90. The summed E-state index contributed by atoms with van der Waals surface area (Å²) in [6, 6.07) is 3.39. The molecule has 0 aliphatic rings. The van der Waals surface area contributed by atoms with Crippen molar-refractivity contribution in [1.29, 1.82) is 0 Å². The van der Waals surface area contributed by atoms with Gasteiger partial charge in [0.1, 0.15) is 11.4 Å². The first-order valence-electron chi connectivity index (χ1n) is 6.15. The third-order valence-electron chi connectivity index (χ3n) is 2.94. The molecule has 0 fully saturated rings. The number of hydrogen-bond acceptors (Lipinski definition) is 5. The van der Waals surface area contributed by atoms with E-state index in [0.29, 0.717) is 35.1 Å². The van der Waals surface area contributed by atoms with Gasteiger partial charge in [-0.2, -0.15) is 0 Å². The van der Waals surface area contributed by atoms with Gasteiger partial charge >= 0.3 is 5.97 Å². The summed E-state index contributed by atoms with van der Waals surface area (Å²) in [5.74, 6) is 1.20. The fourth-order valence-electron chi connectivity index (χ4n) is 2.06. The van der Waals surface area contributed by atoms with Crippen LogP contribution < -0.4 is 14.2 Å². The smallest absolute Gasteiger partial charge is 0.354 e. The van der Waals surface area contributed by atoms with E-state index >= 15 is 0 Å². The number of rotatable bonds is 5. The zero-order valence-corrected chi connectivity index (χ0v) is 11.9. The highest BCUT2D eigenvalue weighted by atomic mass is 16.5. The van der Waals surface area contributed by atoms with Gasteiger partial charge in [-0.25, -0.2) is 4.79 Å². The van der Waals surface area contributed by atoms with Gasteiger partial charge in [0.15, 0.2) is 11.5 Å². The first-order valence-corrected chi connectivity index (χ1v) is 6.15. The van der Waals surface area contributed by atoms with E-state index in [0.717, 1.165) is 5.39 Å². The number of esters is 1. The van der Waals surface area contributed by atoms with Crippen molar-refractivity contribution in [3.8, 4) is 17.2 Å². The SMILES string of the molecule is CCOC(=O)c1cc2c(OC)cc(OC)c(OC)c2[nH]1. The molecule has 0 aliphatic carbocycles. The van der Waals surface area contributed by atoms with Crippen molar-refractivity contribution in [1.82, 2.24) is 4.98 Å². The van der Waals surface area contributed by atoms with Crippen molar-refractivity contribution in [3.63, 3.8) is 0 Å². The Bertz CT molecular complexity index is 632. The van der Waals surface area contributed by atoms with Gasteiger partial charge in [0.25, 0.3) is 0 Å². The minimum Gasteiger partial charge on any atom is -0.496 e. The molecule has 0 unspecified atom stereocenters. The van der Waals surface area contributed by atoms with Crippen LogP contribution in [0.25, 0.3) is 10.9 Å². The van der Waals surface area contributed by atoms with E-state index in [9.17, 15) is 4.79 Å². The van der Waals surface area contributed by atoms with Crippen molar-refractivity contribution >= 4 is 16.9 Å². The van der Waals surface area contributed by atoms with E-state index < -0.39 is 5.97 Å². The summed E-state index contributed by atoms with van der Waals surface area (Å²) in [4.78, 5) is 14.8. The van der Waals surface area contributed by atoms with Crippen molar-refractivity contribution < 1.29 is 23.7 Å². The Labute approximate surface area is 116 Å². The van der Waals surface area contributed by atoms with Crippen molar-refractivity contribution in [2.45, 2.75) is 6.92 Å². The van der Waals surface area contributed by atoms with Crippen LogP contribution in [0, 0.1) is 0 Å². The number of hydrogen-bond donors (Lipinski definition) is 1. The third-order valence-corrected chi connectivity index (χ3v) is 2.94. The average molecular weight is 279 g/mol. The Morgan fingerprint density at radius 3 is 2.35 bits per heavy atom. The summed E-state index contributed by atoms with van der Waals surface area (Å²) in [6.07, 6.45) is 0. The monoisotopic (exact) mass is 279 g/mol. The van der Waals surface area contributed by atoms with E-state index in [4.69, 9.17) is 18.9 Å². The fraction of sp³-hybridized carbons (Fsp3) is 0.357. The topological polar surface area (TPSA) is 69.8 Å². The summed E-state index contributed by atoms with van der Waals surface area (Å²) in [5, 5.41) is 0.730. The number of aromatic amines is 1. The molecule has 20 heavy (non-hydrogen) atoms. The number of aromatic nitrogens is 1. The highest BCUT2D eigenvalue weighted by Gasteiger charge is 2.19. The molecule has 0 amide bonds. The number of methoxy groups -OCH3 is 3. The predicted molar refractivity (Wildman–Crippen MR) is 73.9 cm³/mol. The standard InChI is InChI=1S/C14H17NO5/c1-5-20-14(16)9-6-8-10(17-2)7-11(18-3)13(19-4)12(8)15-9/h6-7,15H,5H2,1-4H3. The number of nitrogens with one attached hydrogen (secondary N) is 1. The Kier molecular flexibility index (Phi) is 4.02. The second-order valence-corrected chi connectivity index (χ2v) is 4.01. The van der Waals surface area contributed by atoms with Gasteiger partial charge in [-0.3, -0.25) is 0 Å². The van der Waals surface area contributed by atoms with Crippen LogP contribution in [0.1, 0.15) is 17.4 Å². The maximum absolute atomic E-state index is 11.8. The molecular weight excluding hydrogens is 262 g/mol. The first kappa shape index (κ1) is 14.0. The zero-order chi connectivity index (χ0) is 14.7. The third kappa shape index (κ3) is 2.24. The molecule has 0 spiro atoms. The van der Waals surface area contributed by atoms with Gasteiger partial charge in [-0.05, 0) is 13.0 Å². The van der Waals surface area contributed by atoms with Crippen LogP contribution in [-0.2, 0) is 4.74 Å². The Morgan fingerprint density at radius 1 is 1.10 bits per heavy atom. The number of carbonyl (C=O) groups excluding carboxylic acids is 1. The lowest BCUT2D eigenvalue weighted by Crippen LogP contribution is -2.04. The molecule has 108 valence electrons. The van der Waals surface area contributed by atoms with Gasteiger partial charge in [0.05, 0.1) is 33.5 Å². The van der Waals surface area contributed by atoms with Crippen LogP contribution in [0.3, 0.4) is 0 Å². The maximum Gasteiger partial charge on any atom is 0.354 e. The molecule has 6 nitrogen and oxygen atoms in total. The number of carbonyl (C=O) groups is 1. The molecule has 0 radical (unpaired) electrons. The predicted octanol–water partition coefficient (Wildman–Crippen LogP) is 2.37. The van der Waals surface area contributed by atoms with E-state index in [1.165, 1.54) is 7.11 Å². The minimum absolute atomic E-state index is 0.311. The van der Waals surface area contributed by atoms with E-state index in [1.807, 2.05) is 0 Å². The number of H-pyrrole nitrogens is 1. The molecule has 2 rings (SSSR count). The molecule has 0 atom stereocenters. The quantitative estimate of drug-likeness (QED) is 0.851. The van der Waals surface area contributed by atoms with Crippen LogP contribution in [-0.4, -0.2) is 38.9 Å². The maximum atomic E-state index is 11.8. The molecule has 1 heterocycles. The zero-order valence-electron chi connectivity index (χ0n) is 11.9. The number of fused-ring (bicyclic) bond motifs is 1. The lowest BCUT2D eigenvalue weighted by molar-refractivity contribution is 0.0520. The second kappa shape index (κ2) is 5.73. The fourth-order valence-corrected chi connectivity index (χ4v) is 2.06. The van der Waals surface area contributed by atoms with Gasteiger partial charge in [-0.1, -0.05) is 0 Å². The highest BCUT2D eigenvalue weighted by molar-refractivity contribution is 6.00. The molecule has 1 aromatic carbocycles. The van der Waals surface area contributed by atoms with Crippen LogP contribution >= 0.6 is 0 Å². The van der Waals surface area contributed by atoms with Gasteiger partial charge in [0.2, 0.25) is 0 Å². The van der Waals surface area contributed by atoms with E-state index in [1.54, 1.807) is 33.3 Å². The summed E-state index contributed by atoms with van der Waals surface area (Å²) in [7, 11) is 4.63. The minimum atomic E-state index is -0.424. The largest absolute Gasteiger partial charge is 0.496 e. The molecular formula is C14H17NO5. The second-order valence-electron chi connectivity index (χ2n) is 4.01. The van der Waals surface area contributed by atoms with Gasteiger partial charge < -0.3 is 23.9 Å². The van der Waals surface area contributed by atoms with E-state index in [-0.39, 0.29) is 0 Å². The molecule has 6 heteroatoms. The Hall–Kier alpha value is -2.37. The number of benzene rings is 1. The molecule has 0 aliphatic heterocycles. The normalized spacial score (nSPS) is 10.4. The summed E-state index contributed by atoms with van der Waals surface area (Å²) in [5.41, 5.74) is 0.971. The molecule has 1 N–H and O–H groups in total. The first-order chi connectivity index (χ1) is 9.65. The lowest BCUT2D eigenvalue weighted by atomic mass is 10.2. The van der Waals surface area contributed by atoms with Gasteiger partial charge in [-0.15, -0.1) is 0 Å².